The van der Waals surface area contributed by atoms with Gasteiger partial charge in [0, 0.05) is 24.8 Å². The molecule has 1 aliphatic heterocycles. The van der Waals surface area contributed by atoms with Gasteiger partial charge in [-0.3, -0.25) is 5.32 Å². The topological polar surface area (TPSA) is 39.1 Å². The molecule has 1 fully saturated rings. The fraction of sp³-hybridized carbons (Fsp3) is 0.533. The molecule has 0 radical (unpaired) electrons. The Morgan fingerprint density at radius 2 is 2.22 bits per heavy atom. The van der Waals surface area contributed by atoms with Crippen molar-refractivity contribution in [3.8, 4) is 6.07 Å². The van der Waals surface area contributed by atoms with E-state index in [1.54, 1.807) is 0 Å². The fourth-order valence-corrected chi connectivity index (χ4v) is 2.74. The molecule has 0 spiro atoms. The van der Waals surface area contributed by atoms with E-state index in [1.165, 1.54) is 24.1 Å². The number of nitriles is 1. The van der Waals surface area contributed by atoms with Crippen LogP contribution in [0.25, 0.3) is 0 Å². The first-order valence-electron chi connectivity index (χ1n) is 6.72. The Morgan fingerprint density at radius 1 is 1.44 bits per heavy atom. The lowest BCUT2D eigenvalue weighted by molar-refractivity contribution is 0.441. The monoisotopic (exact) mass is 241 g/mol. The summed E-state index contributed by atoms with van der Waals surface area (Å²) in [4.78, 5) is 2.34. The second kappa shape index (κ2) is 4.29. The Balaban J connectivity index is 1.74. The Morgan fingerprint density at radius 3 is 2.94 bits per heavy atom. The Kier molecular flexibility index (Phi) is 2.76. The van der Waals surface area contributed by atoms with Gasteiger partial charge >= 0.3 is 0 Å². The van der Waals surface area contributed by atoms with E-state index in [2.05, 4.69) is 40.6 Å². The molecule has 2 aliphatic rings. The molecule has 0 bridgehead atoms. The highest BCUT2D eigenvalue weighted by Gasteiger charge is 2.35. The van der Waals surface area contributed by atoms with Crippen LogP contribution in [-0.2, 0) is 6.42 Å². The average molecular weight is 241 g/mol. The number of anilines is 1. The zero-order chi connectivity index (χ0) is 12.6. The van der Waals surface area contributed by atoms with Crippen LogP contribution in [0.4, 0.5) is 5.69 Å². The molecule has 1 unspecified atom stereocenters. The second-order valence-electron chi connectivity index (χ2n) is 5.66. The van der Waals surface area contributed by atoms with Gasteiger partial charge in [0.05, 0.1) is 6.07 Å². The van der Waals surface area contributed by atoms with E-state index in [9.17, 15) is 5.26 Å². The van der Waals surface area contributed by atoms with E-state index in [4.69, 9.17) is 0 Å². The molecule has 3 nitrogen and oxygen atoms in total. The third-order valence-electron chi connectivity index (χ3n) is 3.84. The molecule has 0 amide bonds. The molecule has 1 aromatic carbocycles. The maximum absolute atomic E-state index is 9.43. The van der Waals surface area contributed by atoms with E-state index in [0.29, 0.717) is 6.04 Å². The maximum atomic E-state index is 9.43. The summed E-state index contributed by atoms with van der Waals surface area (Å²) in [5, 5.41) is 12.9. The lowest BCUT2D eigenvalue weighted by atomic mass is 10.0. The molecule has 1 aromatic rings. The Hall–Kier alpha value is -1.53. The summed E-state index contributed by atoms with van der Waals surface area (Å²) in [5.74, 6) is 0. The van der Waals surface area contributed by atoms with Crippen molar-refractivity contribution in [2.45, 2.75) is 37.8 Å². The van der Waals surface area contributed by atoms with Crippen LogP contribution in [0, 0.1) is 11.3 Å². The number of nitrogens with one attached hydrogen (secondary N) is 1. The zero-order valence-electron chi connectivity index (χ0n) is 10.8. The van der Waals surface area contributed by atoms with Gasteiger partial charge in [-0.25, -0.2) is 0 Å². The number of para-hydroxylation sites is 1. The molecular formula is C15H19N3. The lowest BCUT2D eigenvalue weighted by Gasteiger charge is -2.30. The van der Waals surface area contributed by atoms with Crippen molar-refractivity contribution in [3.05, 3.63) is 29.8 Å². The van der Waals surface area contributed by atoms with E-state index in [1.807, 2.05) is 6.92 Å². The average Bonchev–Trinajstić information content (AvgIpc) is 3.10. The van der Waals surface area contributed by atoms with Gasteiger partial charge in [0.2, 0.25) is 0 Å². The van der Waals surface area contributed by atoms with Crippen LogP contribution in [-0.4, -0.2) is 24.7 Å². The van der Waals surface area contributed by atoms with Crippen LogP contribution in [0.1, 0.15) is 25.3 Å². The molecule has 1 N–H and O–H groups in total. The summed E-state index contributed by atoms with van der Waals surface area (Å²) in [7, 11) is 0. The number of fused-ring (bicyclic) bond motifs is 1. The normalized spacial score (nSPS) is 21.2. The number of hydrogen-bond donors (Lipinski definition) is 1. The molecule has 18 heavy (non-hydrogen) atoms. The van der Waals surface area contributed by atoms with Crippen LogP contribution in [0.15, 0.2) is 24.3 Å². The highest BCUT2D eigenvalue weighted by atomic mass is 15.2. The van der Waals surface area contributed by atoms with Crippen LogP contribution in [0.2, 0.25) is 0 Å². The third-order valence-corrected chi connectivity index (χ3v) is 3.84. The highest BCUT2D eigenvalue weighted by Crippen LogP contribution is 2.30. The predicted octanol–water partition coefficient (Wildman–Crippen LogP) is 2.08. The van der Waals surface area contributed by atoms with Crippen molar-refractivity contribution in [1.82, 2.24) is 5.32 Å². The first kappa shape index (κ1) is 11.6. The highest BCUT2D eigenvalue weighted by molar-refractivity contribution is 5.58. The molecule has 94 valence electrons. The van der Waals surface area contributed by atoms with E-state index in [-0.39, 0.29) is 0 Å². The minimum atomic E-state index is -0.432. The van der Waals surface area contributed by atoms with Crippen LogP contribution >= 0.6 is 0 Å². The largest absolute Gasteiger partial charge is 0.368 e. The molecule has 1 atom stereocenters. The van der Waals surface area contributed by atoms with Crippen molar-refractivity contribution < 1.29 is 0 Å². The summed E-state index contributed by atoms with van der Waals surface area (Å²) in [5.41, 5.74) is 2.28. The van der Waals surface area contributed by atoms with Gasteiger partial charge < -0.3 is 4.90 Å². The molecule has 1 saturated carbocycles. The Bertz CT molecular complexity index is 487. The number of hydrogen-bond acceptors (Lipinski definition) is 3. The summed E-state index contributed by atoms with van der Waals surface area (Å²) in [6, 6.07) is 11.5. The maximum Gasteiger partial charge on any atom is 0.121 e. The van der Waals surface area contributed by atoms with E-state index >= 15 is 0 Å². The van der Waals surface area contributed by atoms with E-state index < -0.39 is 5.54 Å². The summed E-state index contributed by atoms with van der Waals surface area (Å²) in [6.07, 6.45) is 3.53. The summed E-state index contributed by atoms with van der Waals surface area (Å²) < 4.78 is 0. The van der Waals surface area contributed by atoms with Gasteiger partial charge in [-0.15, -0.1) is 0 Å². The van der Waals surface area contributed by atoms with Crippen molar-refractivity contribution in [2.24, 2.45) is 0 Å². The van der Waals surface area contributed by atoms with Gasteiger partial charge in [0.25, 0.3) is 0 Å². The van der Waals surface area contributed by atoms with Crippen LogP contribution in [0.3, 0.4) is 0 Å². The van der Waals surface area contributed by atoms with Gasteiger partial charge in [-0.1, -0.05) is 18.2 Å². The SMILES string of the molecule is CC(C#N)(CN1CCc2ccccc21)NC1CC1. The van der Waals surface area contributed by atoms with Crippen molar-refractivity contribution >= 4 is 5.69 Å². The van der Waals surface area contributed by atoms with Crippen molar-refractivity contribution in [3.63, 3.8) is 0 Å². The fourth-order valence-electron chi connectivity index (χ4n) is 2.74. The van der Waals surface area contributed by atoms with E-state index in [0.717, 1.165) is 19.5 Å². The zero-order valence-corrected chi connectivity index (χ0v) is 10.8. The molecule has 0 aromatic heterocycles. The number of rotatable bonds is 4. The molecule has 3 heteroatoms. The van der Waals surface area contributed by atoms with Gasteiger partial charge in [-0.05, 0) is 37.8 Å². The first-order chi connectivity index (χ1) is 8.70. The number of benzene rings is 1. The number of nitrogens with zero attached hydrogens (tertiary/aromatic N) is 2. The predicted molar refractivity (Wildman–Crippen MR) is 72.5 cm³/mol. The first-order valence-corrected chi connectivity index (χ1v) is 6.72. The van der Waals surface area contributed by atoms with Crippen molar-refractivity contribution in [1.29, 1.82) is 5.26 Å². The smallest absolute Gasteiger partial charge is 0.121 e. The van der Waals surface area contributed by atoms with Gasteiger partial charge in [0.15, 0.2) is 0 Å². The van der Waals surface area contributed by atoms with Gasteiger partial charge in [-0.2, -0.15) is 5.26 Å². The van der Waals surface area contributed by atoms with Crippen molar-refractivity contribution in [2.75, 3.05) is 18.0 Å². The van der Waals surface area contributed by atoms with Gasteiger partial charge in [0.1, 0.15) is 5.54 Å². The Labute approximate surface area is 108 Å². The van der Waals surface area contributed by atoms with Crippen LogP contribution < -0.4 is 10.2 Å². The molecule has 1 heterocycles. The third kappa shape index (κ3) is 2.21. The molecule has 1 aliphatic carbocycles. The minimum Gasteiger partial charge on any atom is -0.368 e. The lowest BCUT2D eigenvalue weighted by Crippen LogP contribution is -2.51. The summed E-state index contributed by atoms with van der Waals surface area (Å²) in [6.45, 7) is 3.83. The quantitative estimate of drug-likeness (QED) is 0.877. The second-order valence-corrected chi connectivity index (χ2v) is 5.66. The molecule has 3 rings (SSSR count). The standard InChI is InChI=1S/C15H19N3/c1-15(10-16,17-13-6-7-13)11-18-9-8-12-4-2-3-5-14(12)18/h2-5,13,17H,6-9,11H2,1H3. The molecular weight excluding hydrogens is 222 g/mol. The summed E-state index contributed by atoms with van der Waals surface area (Å²) >= 11 is 0. The molecule has 0 saturated heterocycles. The van der Waals surface area contributed by atoms with Crippen LogP contribution in [0.5, 0.6) is 0 Å². The minimum absolute atomic E-state index is 0.432.